The van der Waals surface area contributed by atoms with Gasteiger partial charge in [0.1, 0.15) is 0 Å². The molecule has 5 heteroatoms. The van der Waals surface area contributed by atoms with Crippen LogP contribution >= 0.6 is 0 Å². The molecule has 0 saturated carbocycles. The molecule has 0 radical (unpaired) electrons. The summed E-state index contributed by atoms with van der Waals surface area (Å²) in [6, 6.07) is 7.70. The monoisotopic (exact) mass is 354 g/mol. The quantitative estimate of drug-likeness (QED) is 0.835. The van der Waals surface area contributed by atoms with Gasteiger partial charge in [-0.05, 0) is 50.2 Å². The van der Waals surface area contributed by atoms with E-state index >= 15 is 0 Å². The highest BCUT2D eigenvalue weighted by atomic mass is 16.5. The SMILES string of the molecule is CC[C@@H](C)NC(=O)COC(=O)c1c2c(nc3ccccc13)CC[C@@H](C)C2. The first kappa shape index (κ1) is 18.4. The van der Waals surface area contributed by atoms with E-state index in [9.17, 15) is 9.59 Å². The van der Waals surface area contributed by atoms with E-state index in [0.29, 0.717) is 11.5 Å². The molecule has 0 aliphatic heterocycles. The Bertz CT molecular complexity index is 831. The first-order valence-electron chi connectivity index (χ1n) is 9.36. The highest BCUT2D eigenvalue weighted by Gasteiger charge is 2.26. The number of amides is 1. The predicted octanol–water partition coefficient (Wildman–Crippen LogP) is 3.43. The molecule has 2 atom stereocenters. The van der Waals surface area contributed by atoms with Crippen molar-refractivity contribution in [2.75, 3.05) is 6.61 Å². The van der Waals surface area contributed by atoms with Gasteiger partial charge in [-0.15, -0.1) is 0 Å². The van der Waals surface area contributed by atoms with Crippen molar-refractivity contribution in [2.24, 2.45) is 5.92 Å². The minimum Gasteiger partial charge on any atom is -0.452 e. The van der Waals surface area contributed by atoms with Gasteiger partial charge in [-0.25, -0.2) is 4.79 Å². The van der Waals surface area contributed by atoms with Crippen LogP contribution in [0.2, 0.25) is 0 Å². The second-order valence-corrected chi connectivity index (χ2v) is 7.23. The number of carbonyl (C=O) groups excluding carboxylic acids is 2. The summed E-state index contributed by atoms with van der Waals surface area (Å²) in [6.45, 7) is 5.85. The van der Waals surface area contributed by atoms with E-state index in [1.807, 2.05) is 38.1 Å². The molecule has 1 aromatic heterocycles. The minimum absolute atomic E-state index is 0.0663. The van der Waals surface area contributed by atoms with Crippen molar-refractivity contribution in [3.8, 4) is 0 Å². The Kier molecular flexibility index (Phi) is 5.55. The molecule has 1 amide bonds. The van der Waals surface area contributed by atoms with Crippen LogP contribution in [-0.4, -0.2) is 29.5 Å². The molecule has 1 aliphatic rings. The lowest BCUT2D eigenvalue weighted by atomic mass is 9.84. The fourth-order valence-corrected chi connectivity index (χ4v) is 3.42. The van der Waals surface area contributed by atoms with Crippen LogP contribution in [0.15, 0.2) is 24.3 Å². The van der Waals surface area contributed by atoms with E-state index in [0.717, 1.165) is 47.8 Å². The number of esters is 1. The van der Waals surface area contributed by atoms with Crippen molar-refractivity contribution in [3.05, 3.63) is 41.1 Å². The third-order valence-corrected chi connectivity index (χ3v) is 5.06. The van der Waals surface area contributed by atoms with Gasteiger partial charge >= 0.3 is 5.97 Å². The van der Waals surface area contributed by atoms with E-state index < -0.39 is 5.97 Å². The van der Waals surface area contributed by atoms with Gasteiger partial charge in [-0.3, -0.25) is 9.78 Å². The molecule has 5 nitrogen and oxygen atoms in total. The normalized spacial score (nSPS) is 17.4. The largest absolute Gasteiger partial charge is 0.452 e. The average molecular weight is 354 g/mol. The molecule has 1 aliphatic carbocycles. The fraction of sp³-hybridized carbons (Fsp3) is 0.476. The highest BCUT2D eigenvalue weighted by molar-refractivity contribution is 6.05. The van der Waals surface area contributed by atoms with Crippen molar-refractivity contribution < 1.29 is 14.3 Å². The molecule has 0 unspecified atom stereocenters. The Labute approximate surface area is 154 Å². The standard InChI is InChI=1S/C21H26N2O3/c1-4-14(3)22-19(24)12-26-21(25)20-15-7-5-6-8-17(15)23-18-10-9-13(2)11-16(18)20/h5-8,13-14H,4,9-12H2,1-3H3,(H,22,24)/t13-,14-/m1/s1. The number of ether oxygens (including phenoxy) is 1. The van der Waals surface area contributed by atoms with Crippen molar-refractivity contribution in [2.45, 2.75) is 52.5 Å². The van der Waals surface area contributed by atoms with E-state index in [1.165, 1.54) is 0 Å². The molecule has 0 spiro atoms. The van der Waals surface area contributed by atoms with Gasteiger partial charge in [-0.1, -0.05) is 32.0 Å². The number of rotatable bonds is 5. The summed E-state index contributed by atoms with van der Waals surface area (Å²) in [4.78, 5) is 29.6. The maximum atomic E-state index is 12.9. The van der Waals surface area contributed by atoms with E-state index in [4.69, 9.17) is 9.72 Å². The fourth-order valence-electron chi connectivity index (χ4n) is 3.42. The second kappa shape index (κ2) is 7.85. The number of hydrogen-bond acceptors (Lipinski definition) is 4. The van der Waals surface area contributed by atoms with E-state index in [2.05, 4.69) is 12.2 Å². The van der Waals surface area contributed by atoms with E-state index in [1.54, 1.807) is 0 Å². The first-order chi connectivity index (χ1) is 12.5. The first-order valence-corrected chi connectivity index (χ1v) is 9.36. The number of aromatic nitrogens is 1. The van der Waals surface area contributed by atoms with Gasteiger partial charge in [0, 0.05) is 17.1 Å². The van der Waals surface area contributed by atoms with Crippen LogP contribution < -0.4 is 5.32 Å². The molecule has 0 saturated heterocycles. The maximum Gasteiger partial charge on any atom is 0.339 e. The molecule has 1 aromatic carbocycles. The Balaban J connectivity index is 1.89. The number of para-hydroxylation sites is 1. The van der Waals surface area contributed by atoms with Gasteiger partial charge in [-0.2, -0.15) is 0 Å². The second-order valence-electron chi connectivity index (χ2n) is 7.23. The molecular weight excluding hydrogens is 328 g/mol. The molecule has 1 N–H and O–H groups in total. The van der Waals surface area contributed by atoms with Crippen LogP contribution in [0.25, 0.3) is 10.9 Å². The lowest BCUT2D eigenvalue weighted by Crippen LogP contribution is -2.35. The minimum atomic E-state index is -0.437. The molecule has 0 fully saturated rings. The van der Waals surface area contributed by atoms with Crippen LogP contribution in [0.1, 0.15) is 55.2 Å². The number of fused-ring (bicyclic) bond motifs is 2. The van der Waals surface area contributed by atoms with Gasteiger partial charge in [0.15, 0.2) is 6.61 Å². The van der Waals surface area contributed by atoms with E-state index in [-0.39, 0.29) is 18.6 Å². The summed E-state index contributed by atoms with van der Waals surface area (Å²) < 4.78 is 5.37. The summed E-state index contributed by atoms with van der Waals surface area (Å²) in [6.07, 6.45) is 3.59. The summed E-state index contributed by atoms with van der Waals surface area (Å²) in [5.74, 6) is -0.202. The van der Waals surface area contributed by atoms with Crippen molar-refractivity contribution in [1.82, 2.24) is 10.3 Å². The molecule has 138 valence electrons. The van der Waals surface area contributed by atoms with Gasteiger partial charge in [0.25, 0.3) is 5.91 Å². The number of nitrogens with one attached hydrogen (secondary N) is 1. The smallest absolute Gasteiger partial charge is 0.339 e. The van der Waals surface area contributed by atoms with Crippen molar-refractivity contribution >= 4 is 22.8 Å². The third kappa shape index (κ3) is 3.87. The summed E-state index contributed by atoms with van der Waals surface area (Å²) >= 11 is 0. The Hall–Kier alpha value is -2.43. The summed E-state index contributed by atoms with van der Waals surface area (Å²) in [5, 5.41) is 3.61. The molecule has 3 rings (SSSR count). The number of benzene rings is 1. The molecule has 2 aromatic rings. The van der Waals surface area contributed by atoms with Gasteiger partial charge < -0.3 is 10.1 Å². The van der Waals surface area contributed by atoms with Crippen molar-refractivity contribution in [1.29, 1.82) is 0 Å². The molecule has 1 heterocycles. The van der Waals surface area contributed by atoms with Crippen LogP contribution in [0.5, 0.6) is 0 Å². The van der Waals surface area contributed by atoms with Crippen LogP contribution in [0, 0.1) is 5.92 Å². The summed E-state index contributed by atoms with van der Waals surface area (Å²) in [5.41, 5.74) is 3.35. The lowest BCUT2D eigenvalue weighted by molar-refractivity contribution is -0.124. The number of nitrogens with zero attached hydrogens (tertiary/aromatic N) is 1. The zero-order valence-electron chi connectivity index (χ0n) is 15.7. The molecule has 26 heavy (non-hydrogen) atoms. The van der Waals surface area contributed by atoms with Gasteiger partial charge in [0.2, 0.25) is 0 Å². The molecular formula is C21H26N2O3. The zero-order chi connectivity index (χ0) is 18.7. The number of pyridine rings is 1. The lowest BCUT2D eigenvalue weighted by Gasteiger charge is -2.24. The Morgan fingerprint density at radius 1 is 1.35 bits per heavy atom. The average Bonchev–Trinajstić information content (AvgIpc) is 2.64. The number of aryl methyl sites for hydroxylation is 1. The third-order valence-electron chi connectivity index (χ3n) is 5.06. The van der Waals surface area contributed by atoms with Crippen LogP contribution in [-0.2, 0) is 22.4 Å². The van der Waals surface area contributed by atoms with Gasteiger partial charge in [0.05, 0.1) is 11.1 Å². The number of carbonyl (C=O) groups is 2. The summed E-state index contributed by atoms with van der Waals surface area (Å²) in [7, 11) is 0. The Morgan fingerprint density at radius 3 is 2.88 bits per heavy atom. The molecule has 0 bridgehead atoms. The number of hydrogen-bond donors (Lipinski definition) is 1. The van der Waals surface area contributed by atoms with Crippen LogP contribution in [0.3, 0.4) is 0 Å². The topological polar surface area (TPSA) is 68.3 Å². The predicted molar refractivity (Wildman–Crippen MR) is 101 cm³/mol. The van der Waals surface area contributed by atoms with Crippen molar-refractivity contribution in [3.63, 3.8) is 0 Å². The zero-order valence-corrected chi connectivity index (χ0v) is 15.7. The maximum absolute atomic E-state index is 12.9. The Morgan fingerprint density at radius 2 is 2.12 bits per heavy atom. The highest BCUT2D eigenvalue weighted by Crippen LogP contribution is 2.31. The van der Waals surface area contributed by atoms with Crippen LogP contribution in [0.4, 0.5) is 0 Å².